The number of nitrogen functional groups attached to an aromatic ring is 1. The van der Waals surface area contributed by atoms with Crippen molar-refractivity contribution in [1.82, 2.24) is 0 Å². The van der Waals surface area contributed by atoms with Crippen molar-refractivity contribution in [3.8, 4) is 0 Å². The van der Waals surface area contributed by atoms with Crippen LogP contribution in [0, 0.1) is 5.41 Å². The summed E-state index contributed by atoms with van der Waals surface area (Å²) in [6, 6.07) is 16.2. The van der Waals surface area contributed by atoms with Crippen LogP contribution in [0.5, 0.6) is 0 Å². The topological polar surface area (TPSA) is 49.9 Å². The summed E-state index contributed by atoms with van der Waals surface area (Å²) in [5, 5.41) is 7.97. The molecule has 140 valence electrons. The molecule has 0 unspecified atom stereocenters. The van der Waals surface area contributed by atoms with Gasteiger partial charge in [-0.05, 0) is 35.3 Å². The minimum atomic E-state index is -0.417. The van der Waals surface area contributed by atoms with Crippen molar-refractivity contribution >= 4 is 27.3 Å². The second-order valence-corrected chi connectivity index (χ2v) is 5.88. The summed E-state index contributed by atoms with van der Waals surface area (Å²) in [4.78, 5) is 0. The average Bonchev–Trinajstić information content (AvgIpc) is 2.96. The van der Waals surface area contributed by atoms with Crippen LogP contribution >= 0.6 is 15.9 Å². The monoisotopic (exact) mass is 440 g/mol. The van der Waals surface area contributed by atoms with Crippen LogP contribution in [0.1, 0.15) is 24.8 Å². The number of nitrogens with one attached hydrogen (secondary N) is 1. The number of anilines is 1. The molecule has 3 heteroatoms. The van der Waals surface area contributed by atoms with E-state index in [1.165, 1.54) is 0 Å². The second-order valence-electron chi connectivity index (χ2n) is 5.08. The summed E-state index contributed by atoms with van der Waals surface area (Å²) in [5.41, 5.74) is 7.54. The number of hydrogen-bond acceptors (Lipinski definition) is 2. The Morgan fingerprint density at radius 1 is 0.679 bits per heavy atom. The van der Waals surface area contributed by atoms with Crippen LogP contribution in [0.15, 0.2) is 126 Å². The molecular formula is C25H23BrN2. The molecule has 0 heterocycles. The lowest BCUT2D eigenvalue weighted by Crippen LogP contribution is -1.99. The largest absolute Gasteiger partial charge is 0.399 e. The number of hydrogen-bond donors (Lipinski definition) is 2. The van der Waals surface area contributed by atoms with Crippen LogP contribution in [0.3, 0.4) is 0 Å². The van der Waals surface area contributed by atoms with E-state index in [0.29, 0.717) is 5.71 Å². The van der Waals surface area contributed by atoms with Crippen molar-refractivity contribution in [3.63, 3.8) is 0 Å². The Bertz CT molecular complexity index is 1130. The molecule has 4 aromatic carbocycles. The number of rotatable bonds is 2. The van der Waals surface area contributed by atoms with Crippen molar-refractivity contribution in [3.05, 3.63) is 137 Å². The lowest BCUT2D eigenvalue weighted by molar-refractivity contribution is 1.46. The molecule has 0 aliphatic heterocycles. The Labute approximate surface area is 189 Å². The summed E-state index contributed by atoms with van der Waals surface area (Å²) in [6.07, 6.45) is 0. The molecule has 4 rings (SSSR count). The Morgan fingerprint density at radius 2 is 1.07 bits per heavy atom. The normalized spacial score (nSPS) is 14.2. The third-order valence-corrected chi connectivity index (χ3v) is 3.51. The summed E-state index contributed by atoms with van der Waals surface area (Å²) < 4.78 is 72.1. The van der Waals surface area contributed by atoms with Gasteiger partial charge in [0.1, 0.15) is 0 Å². The van der Waals surface area contributed by atoms with Gasteiger partial charge in [-0.1, -0.05) is 113 Å². The fourth-order valence-electron chi connectivity index (χ4n) is 1.87. The highest BCUT2D eigenvalue weighted by Crippen LogP contribution is 2.08. The SMILES string of the molecule is N=C(c1ccccc1)c1ccccc1.[2H]c1c([2H])c([2H])c(Br)c([2H])c1[2H].[2H]c1c([2H])c([2H])c(N)c([2H])c1[2H]. The van der Waals surface area contributed by atoms with E-state index in [-0.39, 0.29) is 52.5 Å². The third kappa shape index (κ3) is 8.02. The molecule has 0 aromatic heterocycles. The van der Waals surface area contributed by atoms with Gasteiger partial charge in [-0.3, -0.25) is 5.41 Å². The average molecular weight is 441 g/mol. The quantitative estimate of drug-likeness (QED) is 0.260. The van der Waals surface area contributed by atoms with Crippen molar-refractivity contribution in [2.24, 2.45) is 0 Å². The summed E-state index contributed by atoms with van der Waals surface area (Å²) in [7, 11) is 0. The van der Waals surface area contributed by atoms with E-state index in [0.717, 1.165) is 11.1 Å². The minimum Gasteiger partial charge on any atom is -0.399 e. The molecule has 0 bridgehead atoms. The summed E-state index contributed by atoms with van der Waals surface area (Å²) >= 11 is 2.92. The number of nitrogens with two attached hydrogens (primary N) is 1. The van der Waals surface area contributed by atoms with Gasteiger partial charge in [-0.2, -0.15) is 0 Å². The van der Waals surface area contributed by atoms with E-state index >= 15 is 0 Å². The lowest BCUT2D eigenvalue weighted by Gasteiger charge is -2.02. The zero-order valence-corrected chi connectivity index (χ0v) is 16.3. The molecule has 0 amide bonds. The van der Waals surface area contributed by atoms with E-state index in [1.807, 2.05) is 60.7 Å². The van der Waals surface area contributed by atoms with Crippen molar-refractivity contribution in [2.45, 2.75) is 0 Å². The number of benzene rings is 4. The Balaban J connectivity index is 0.000000201. The molecule has 0 saturated carbocycles. The molecule has 28 heavy (non-hydrogen) atoms. The molecule has 0 aliphatic carbocycles. The minimum absolute atomic E-state index is 0.105. The van der Waals surface area contributed by atoms with Gasteiger partial charge in [0.2, 0.25) is 0 Å². The summed E-state index contributed by atoms with van der Waals surface area (Å²) in [5.74, 6) is 0. The van der Waals surface area contributed by atoms with E-state index in [4.69, 9.17) is 24.9 Å². The van der Waals surface area contributed by atoms with Crippen LogP contribution in [0.25, 0.3) is 0 Å². The first kappa shape index (κ1) is 11.0. The smallest absolute Gasteiger partial charge is 0.0684 e. The summed E-state index contributed by atoms with van der Waals surface area (Å²) in [6.45, 7) is 0. The molecule has 3 N–H and O–H groups in total. The Hall–Kier alpha value is -3.17. The van der Waals surface area contributed by atoms with Crippen LogP contribution in [0.2, 0.25) is 0 Å². The molecule has 0 spiro atoms. The first-order valence-corrected chi connectivity index (χ1v) is 8.84. The van der Waals surface area contributed by atoms with Crippen molar-refractivity contribution < 1.29 is 13.7 Å². The molecule has 0 atom stereocenters. The molecule has 4 aromatic rings. The molecule has 0 radical (unpaired) electrons. The zero-order valence-electron chi connectivity index (χ0n) is 24.7. The molecular weight excluding hydrogens is 408 g/mol. The van der Waals surface area contributed by atoms with Gasteiger partial charge in [0.25, 0.3) is 0 Å². The number of halogens is 1. The zero-order chi connectivity index (χ0) is 28.7. The predicted molar refractivity (Wildman–Crippen MR) is 124 cm³/mol. The van der Waals surface area contributed by atoms with Gasteiger partial charge < -0.3 is 5.73 Å². The molecule has 0 aliphatic rings. The maximum atomic E-state index is 7.97. The second kappa shape index (κ2) is 12.3. The van der Waals surface area contributed by atoms with E-state index in [1.54, 1.807) is 0 Å². The van der Waals surface area contributed by atoms with E-state index < -0.39 is 18.1 Å². The lowest BCUT2D eigenvalue weighted by atomic mass is 10.0. The Kier molecular flexibility index (Phi) is 4.81. The van der Waals surface area contributed by atoms with E-state index in [2.05, 4.69) is 15.9 Å². The maximum Gasteiger partial charge on any atom is 0.0684 e. The number of para-hydroxylation sites is 1. The van der Waals surface area contributed by atoms with Gasteiger partial charge in [-0.15, -0.1) is 0 Å². The van der Waals surface area contributed by atoms with Gasteiger partial charge in [0, 0.05) is 10.2 Å². The third-order valence-electron chi connectivity index (χ3n) is 3.11. The fraction of sp³-hybridized carbons (Fsp3) is 0. The van der Waals surface area contributed by atoms with Crippen LogP contribution in [0.4, 0.5) is 5.69 Å². The standard InChI is InChI=1S/C13H11N.C6H5Br.C6H7N/c14-13(11-7-3-1-4-8-11)12-9-5-2-6-10-12;2*7-6-4-2-1-3-5-6/h1-10,14H;1-5H;1-5H,7H2/i;2*1D,2D,3D,4D,5D. The fourth-order valence-corrected chi connectivity index (χ4v) is 2.07. The van der Waals surface area contributed by atoms with Crippen LogP contribution in [-0.4, -0.2) is 5.71 Å². The van der Waals surface area contributed by atoms with Crippen molar-refractivity contribution in [1.29, 1.82) is 5.41 Å². The first-order chi connectivity index (χ1) is 17.8. The highest BCUT2D eigenvalue weighted by molar-refractivity contribution is 9.10. The molecule has 2 nitrogen and oxygen atoms in total. The van der Waals surface area contributed by atoms with Crippen LogP contribution < -0.4 is 5.73 Å². The van der Waals surface area contributed by atoms with Crippen molar-refractivity contribution in [2.75, 3.05) is 5.73 Å². The van der Waals surface area contributed by atoms with Gasteiger partial charge in [0.15, 0.2) is 0 Å². The predicted octanol–water partition coefficient (Wildman–Crippen LogP) is 6.82. The van der Waals surface area contributed by atoms with Crippen LogP contribution in [-0.2, 0) is 0 Å². The van der Waals surface area contributed by atoms with Gasteiger partial charge >= 0.3 is 0 Å². The molecule has 0 fully saturated rings. The van der Waals surface area contributed by atoms with E-state index in [9.17, 15) is 0 Å². The van der Waals surface area contributed by atoms with Gasteiger partial charge in [-0.25, -0.2) is 0 Å². The Morgan fingerprint density at radius 3 is 1.50 bits per heavy atom. The van der Waals surface area contributed by atoms with Gasteiger partial charge in [0.05, 0.1) is 19.4 Å². The highest BCUT2D eigenvalue weighted by atomic mass is 79.9. The highest BCUT2D eigenvalue weighted by Gasteiger charge is 2.01. The maximum absolute atomic E-state index is 7.97. The first-order valence-electron chi connectivity index (χ1n) is 13.0. The molecule has 0 saturated heterocycles.